The van der Waals surface area contributed by atoms with Crippen LogP contribution in [0.2, 0.25) is 0 Å². The molecule has 0 aromatic carbocycles. The highest BCUT2D eigenvalue weighted by Crippen LogP contribution is 2.27. The van der Waals surface area contributed by atoms with E-state index >= 15 is 0 Å². The summed E-state index contributed by atoms with van der Waals surface area (Å²) < 4.78 is 7.20. The van der Waals surface area contributed by atoms with Gasteiger partial charge in [0, 0.05) is 51.5 Å². The first-order valence-corrected chi connectivity index (χ1v) is 8.24. The van der Waals surface area contributed by atoms with Crippen molar-refractivity contribution >= 4 is 11.7 Å². The second-order valence-electron chi connectivity index (χ2n) is 6.68. The molecule has 128 valence electrons. The number of rotatable bonds is 4. The van der Waals surface area contributed by atoms with E-state index in [9.17, 15) is 4.79 Å². The standard InChI is InChI=1S/C16H22N6O2/c1-11-15(12(2)24-18-11)10-20-7-14(8-20)22-9-13(6-17-22)21-5-4-19(3)16(21)23/h6,9,14H,4-5,7-8,10H2,1-3H3. The molecule has 2 aliphatic heterocycles. The molecule has 0 N–H and O–H groups in total. The smallest absolute Gasteiger partial charge is 0.324 e. The van der Waals surface area contributed by atoms with Crippen molar-refractivity contribution in [3.63, 3.8) is 0 Å². The van der Waals surface area contributed by atoms with E-state index in [1.54, 1.807) is 16.0 Å². The van der Waals surface area contributed by atoms with Crippen LogP contribution in [0.15, 0.2) is 16.9 Å². The Morgan fingerprint density at radius 1 is 1.29 bits per heavy atom. The minimum Gasteiger partial charge on any atom is -0.361 e. The third-order valence-corrected chi connectivity index (χ3v) is 4.99. The summed E-state index contributed by atoms with van der Waals surface area (Å²) in [6.07, 6.45) is 3.77. The molecule has 0 unspecified atom stereocenters. The molecule has 4 rings (SSSR count). The van der Waals surface area contributed by atoms with Gasteiger partial charge in [-0.05, 0) is 13.8 Å². The van der Waals surface area contributed by atoms with Gasteiger partial charge in [0.25, 0.3) is 0 Å². The number of aromatic nitrogens is 3. The molecule has 4 heterocycles. The van der Waals surface area contributed by atoms with E-state index in [0.717, 1.165) is 49.9 Å². The zero-order valence-corrected chi connectivity index (χ0v) is 14.3. The third-order valence-electron chi connectivity index (χ3n) is 4.99. The minimum absolute atomic E-state index is 0.0446. The number of anilines is 1. The number of urea groups is 1. The molecule has 2 aliphatic rings. The SMILES string of the molecule is Cc1noc(C)c1CN1CC(n2cc(N3CCN(C)C3=O)cn2)C1. The van der Waals surface area contributed by atoms with Crippen LogP contribution in [0, 0.1) is 13.8 Å². The van der Waals surface area contributed by atoms with Crippen molar-refractivity contribution < 1.29 is 9.32 Å². The number of likely N-dealkylation sites (tertiary alicyclic amines) is 1. The van der Waals surface area contributed by atoms with Crippen molar-refractivity contribution in [2.24, 2.45) is 0 Å². The molecule has 2 saturated heterocycles. The van der Waals surface area contributed by atoms with Gasteiger partial charge < -0.3 is 9.42 Å². The van der Waals surface area contributed by atoms with Gasteiger partial charge in [-0.1, -0.05) is 5.16 Å². The number of hydrogen-bond donors (Lipinski definition) is 0. The van der Waals surface area contributed by atoms with E-state index in [4.69, 9.17) is 4.52 Å². The summed E-state index contributed by atoms with van der Waals surface area (Å²) in [6, 6.07) is 0.401. The van der Waals surface area contributed by atoms with E-state index in [0.29, 0.717) is 6.04 Å². The number of amides is 2. The summed E-state index contributed by atoms with van der Waals surface area (Å²) in [6.45, 7) is 8.17. The Kier molecular flexibility index (Phi) is 3.56. The molecule has 0 aliphatic carbocycles. The van der Waals surface area contributed by atoms with Crippen molar-refractivity contribution in [1.82, 2.24) is 24.7 Å². The van der Waals surface area contributed by atoms with Crippen LogP contribution in [0.1, 0.15) is 23.1 Å². The molecular weight excluding hydrogens is 308 g/mol. The lowest BCUT2D eigenvalue weighted by Crippen LogP contribution is -2.47. The van der Waals surface area contributed by atoms with Gasteiger partial charge in [0.05, 0.1) is 23.6 Å². The summed E-state index contributed by atoms with van der Waals surface area (Å²) in [4.78, 5) is 17.9. The van der Waals surface area contributed by atoms with Gasteiger partial charge in [0.2, 0.25) is 0 Å². The van der Waals surface area contributed by atoms with Gasteiger partial charge in [-0.15, -0.1) is 0 Å². The minimum atomic E-state index is 0.0446. The zero-order chi connectivity index (χ0) is 16.8. The predicted molar refractivity (Wildman–Crippen MR) is 87.9 cm³/mol. The molecule has 2 aromatic rings. The highest BCUT2D eigenvalue weighted by Gasteiger charge is 2.32. The quantitative estimate of drug-likeness (QED) is 0.848. The predicted octanol–water partition coefficient (Wildman–Crippen LogP) is 1.42. The van der Waals surface area contributed by atoms with Crippen LogP contribution in [0.5, 0.6) is 0 Å². The molecule has 0 saturated carbocycles. The Labute approximate surface area is 140 Å². The van der Waals surface area contributed by atoms with Gasteiger partial charge in [-0.25, -0.2) is 4.79 Å². The van der Waals surface area contributed by atoms with E-state index in [1.165, 1.54) is 5.56 Å². The first-order valence-electron chi connectivity index (χ1n) is 8.24. The Morgan fingerprint density at radius 3 is 2.71 bits per heavy atom. The lowest BCUT2D eigenvalue weighted by molar-refractivity contribution is 0.0902. The first kappa shape index (κ1) is 15.2. The highest BCUT2D eigenvalue weighted by atomic mass is 16.5. The van der Waals surface area contributed by atoms with Crippen LogP contribution >= 0.6 is 0 Å². The van der Waals surface area contributed by atoms with Crippen molar-refractivity contribution in [3.05, 3.63) is 29.4 Å². The lowest BCUT2D eigenvalue weighted by Gasteiger charge is -2.39. The van der Waals surface area contributed by atoms with Gasteiger partial charge >= 0.3 is 6.03 Å². The van der Waals surface area contributed by atoms with Crippen LogP contribution < -0.4 is 4.90 Å². The number of likely N-dealkylation sites (N-methyl/N-ethyl adjacent to an activating group) is 1. The topological polar surface area (TPSA) is 70.6 Å². The van der Waals surface area contributed by atoms with Crippen LogP contribution in [-0.2, 0) is 6.54 Å². The molecule has 8 heteroatoms. The molecule has 2 aromatic heterocycles. The fraction of sp³-hybridized carbons (Fsp3) is 0.562. The van der Waals surface area contributed by atoms with E-state index in [-0.39, 0.29) is 6.03 Å². The summed E-state index contributed by atoms with van der Waals surface area (Å²) in [5.74, 6) is 0.897. The first-order chi connectivity index (χ1) is 11.5. The summed E-state index contributed by atoms with van der Waals surface area (Å²) in [5, 5.41) is 8.46. The Hall–Kier alpha value is -2.35. The summed E-state index contributed by atoms with van der Waals surface area (Å²) in [5.41, 5.74) is 3.03. The van der Waals surface area contributed by atoms with Crippen molar-refractivity contribution in [2.75, 3.05) is 38.1 Å². The second kappa shape index (κ2) is 5.62. The van der Waals surface area contributed by atoms with Crippen LogP contribution in [-0.4, -0.2) is 64.0 Å². The number of hydrogen-bond acceptors (Lipinski definition) is 5. The van der Waals surface area contributed by atoms with Gasteiger partial charge in [0.1, 0.15) is 5.76 Å². The Bertz CT molecular complexity index is 741. The molecule has 0 bridgehead atoms. The molecular formula is C16H22N6O2. The second-order valence-corrected chi connectivity index (χ2v) is 6.68. The van der Waals surface area contributed by atoms with E-state index in [2.05, 4.69) is 15.2 Å². The largest absolute Gasteiger partial charge is 0.361 e. The maximum absolute atomic E-state index is 12.1. The molecule has 24 heavy (non-hydrogen) atoms. The van der Waals surface area contributed by atoms with Crippen molar-refractivity contribution in [1.29, 1.82) is 0 Å². The normalized spacial score (nSPS) is 19.4. The van der Waals surface area contributed by atoms with Gasteiger partial charge in [-0.2, -0.15) is 5.10 Å². The Balaban J connectivity index is 1.37. The Morgan fingerprint density at radius 2 is 2.08 bits per heavy atom. The van der Waals surface area contributed by atoms with Crippen LogP contribution in [0.3, 0.4) is 0 Å². The van der Waals surface area contributed by atoms with Crippen molar-refractivity contribution in [3.8, 4) is 0 Å². The van der Waals surface area contributed by atoms with Crippen LogP contribution in [0.4, 0.5) is 10.5 Å². The van der Waals surface area contributed by atoms with Crippen LogP contribution in [0.25, 0.3) is 0 Å². The molecule has 2 fully saturated rings. The molecule has 0 spiro atoms. The molecule has 8 nitrogen and oxygen atoms in total. The summed E-state index contributed by atoms with van der Waals surface area (Å²) in [7, 11) is 1.82. The average Bonchev–Trinajstić information content (AvgIpc) is 3.19. The monoisotopic (exact) mass is 330 g/mol. The van der Waals surface area contributed by atoms with E-state index in [1.807, 2.05) is 31.8 Å². The maximum Gasteiger partial charge on any atom is 0.324 e. The zero-order valence-electron chi connectivity index (χ0n) is 14.3. The fourth-order valence-electron chi connectivity index (χ4n) is 3.34. The number of carbonyl (C=O) groups is 1. The van der Waals surface area contributed by atoms with Crippen molar-refractivity contribution in [2.45, 2.75) is 26.4 Å². The fourth-order valence-corrected chi connectivity index (χ4v) is 3.34. The maximum atomic E-state index is 12.1. The van der Waals surface area contributed by atoms with Gasteiger partial charge in [0.15, 0.2) is 0 Å². The molecule has 0 radical (unpaired) electrons. The van der Waals surface area contributed by atoms with E-state index < -0.39 is 0 Å². The highest BCUT2D eigenvalue weighted by molar-refractivity contribution is 5.93. The molecule has 2 amide bonds. The summed E-state index contributed by atoms with van der Waals surface area (Å²) >= 11 is 0. The number of aryl methyl sites for hydroxylation is 2. The molecule has 0 atom stereocenters. The van der Waals surface area contributed by atoms with Gasteiger partial charge in [-0.3, -0.25) is 14.5 Å². The lowest BCUT2D eigenvalue weighted by atomic mass is 10.1. The number of carbonyl (C=O) groups excluding carboxylic acids is 1. The number of nitrogens with zero attached hydrogens (tertiary/aromatic N) is 6. The average molecular weight is 330 g/mol. The third kappa shape index (κ3) is 2.47.